The topological polar surface area (TPSA) is 85.3 Å². The molecule has 1 aliphatic rings. The van der Waals surface area contributed by atoms with Crippen molar-refractivity contribution in [1.82, 2.24) is 0 Å². The lowest BCUT2D eigenvalue weighted by molar-refractivity contribution is -0.140. The van der Waals surface area contributed by atoms with Crippen LogP contribution < -0.4 is 5.73 Å². The number of nitrogens with two attached hydrogens (primary N) is 1. The number of ether oxygens (including phenoxy) is 2. The van der Waals surface area contributed by atoms with E-state index in [0.717, 1.165) is 6.07 Å². The molecular weight excluding hydrogens is 397 g/mol. The highest BCUT2D eigenvalue weighted by atomic mass is 19.4. The maximum atomic E-state index is 13.7. The molecule has 0 aliphatic carbocycles. The Bertz CT molecular complexity index is 1070. The van der Waals surface area contributed by atoms with Gasteiger partial charge in [-0.25, -0.2) is 4.79 Å². The summed E-state index contributed by atoms with van der Waals surface area (Å²) in [5, 5.41) is 9.65. The van der Waals surface area contributed by atoms with Crippen LogP contribution >= 0.6 is 0 Å². The molecule has 154 valence electrons. The van der Waals surface area contributed by atoms with Crippen molar-refractivity contribution in [2.24, 2.45) is 5.73 Å². The summed E-state index contributed by atoms with van der Waals surface area (Å²) < 4.78 is 51.9. The molecule has 0 radical (unpaired) electrons. The van der Waals surface area contributed by atoms with E-state index in [4.69, 9.17) is 15.2 Å². The van der Waals surface area contributed by atoms with E-state index in [1.165, 1.54) is 18.2 Å². The van der Waals surface area contributed by atoms with Crippen molar-refractivity contribution in [2.45, 2.75) is 19.0 Å². The number of nitriles is 1. The fourth-order valence-corrected chi connectivity index (χ4v) is 3.30. The number of rotatable bonds is 4. The minimum Gasteiger partial charge on any atom is -0.463 e. The summed E-state index contributed by atoms with van der Waals surface area (Å²) in [5.74, 6) is -2.71. The molecule has 0 unspecified atom stereocenters. The Morgan fingerprint density at radius 3 is 2.40 bits per heavy atom. The Morgan fingerprint density at radius 2 is 1.80 bits per heavy atom. The molecule has 0 aromatic heterocycles. The van der Waals surface area contributed by atoms with E-state index in [0.29, 0.717) is 5.56 Å². The fraction of sp³-hybridized carbons (Fsp3) is 0.182. The van der Waals surface area contributed by atoms with Gasteiger partial charge in [0.2, 0.25) is 5.88 Å². The average Bonchev–Trinajstić information content (AvgIpc) is 2.73. The van der Waals surface area contributed by atoms with Gasteiger partial charge in [-0.15, -0.1) is 0 Å². The van der Waals surface area contributed by atoms with Crippen LogP contribution in [-0.4, -0.2) is 12.6 Å². The minimum absolute atomic E-state index is 0.0148. The molecule has 5 nitrogen and oxygen atoms in total. The molecule has 30 heavy (non-hydrogen) atoms. The van der Waals surface area contributed by atoms with Gasteiger partial charge >= 0.3 is 12.1 Å². The lowest BCUT2D eigenvalue weighted by atomic mass is 9.80. The maximum absolute atomic E-state index is 13.7. The first-order chi connectivity index (χ1) is 14.3. The lowest BCUT2D eigenvalue weighted by Gasteiger charge is -2.29. The number of hydrogen-bond donors (Lipinski definition) is 1. The minimum atomic E-state index is -4.71. The Balaban J connectivity index is 2.36. The van der Waals surface area contributed by atoms with Gasteiger partial charge in [0, 0.05) is 5.56 Å². The monoisotopic (exact) mass is 414 g/mol. The van der Waals surface area contributed by atoms with Gasteiger partial charge in [-0.1, -0.05) is 48.5 Å². The molecule has 3 rings (SSSR count). The zero-order chi connectivity index (χ0) is 21.9. The summed E-state index contributed by atoms with van der Waals surface area (Å²) in [5.41, 5.74) is 4.54. The van der Waals surface area contributed by atoms with Crippen molar-refractivity contribution in [3.05, 3.63) is 88.3 Å². The SMILES string of the molecule is CCOC(=O)C1=C(c2ccccc2)OC(N)=C(C#N)[C@@H]1c1ccccc1C(F)(F)F. The highest BCUT2D eigenvalue weighted by Crippen LogP contribution is 2.46. The van der Waals surface area contributed by atoms with Crippen molar-refractivity contribution < 1.29 is 27.4 Å². The van der Waals surface area contributed by atoms with Crippen LogP contribution in [0.1, 0.15) is 29.5 Å². The number of alkyl halides is 3. The van der Waals surface area contributed by atoms with E-state index in [1.54, 1.807) is 43.3 Å². The van der Waals surface area contributed by atoms with Crippen LogP contribution in [-0.2, 0) is 20.4 Å². The standard InChI is InChI=1S/C22H17F3N2O3/c1-2-29-21(28)18-17(14-10-6-7-11-16(14)22(23,24)25)15(12-26)20(27)30-19(18)13-8-4-3-5-9-13/h3-11,17H,2,27H2,1H3/t17-/m0/s1. The second-order valence-corrected chi connectivity index (χ2v) is 6.34. The van der Waals surface area contributed by atoms with Gasteiger partial charge < -0.3 is 15.2 Å². The second-order valence-electron chi connectivity index (χ2n) is 6.34. The van der Waals surface area contributed by atoms with Crippen molar-refractivity contribution in [3.63, 3.8) is 0 Å². The quantitative estimate of drug-likeness (QED) is 0.746. The van der Waals surface area contributed by atoms with Gasteiger partial charge in [0.05, 0.1) is 23.7 Å². The molecule has 1 heterocycles. The number of nitrogens with zero attached hydrogens (tertiary/aromatic N) is 1. The van der Waals surface area contributed by atoms with E-state index >= 15 is 0 Å². The van der Waals surface area contributed by atoms with Crippen molar-refractivity contribution in [1.29, 1.82) is 5.26 Å². The first-order valence-corrected chi connectivity index (χ1v) is 9.00. The highest BCUT2D eigenvalue weighted by Gasteiger charge is 2.43. The smallest absolute Gasteiger partial charge is 0.416 e. The highest BCUT2D eigenvalue weighted by molar-refractivity contribution is 6.00. The molecule has 8 heteroatoms. The summed E-state index contributed by atoms with van der Waals surface area (Å²) in [7, 11) is 0. The second kappa shape index (κ2) is 8.33. The van der Waals surface area contributed by atoms with E-state index in [1.807, 2.05) is 0 Å². The number of carbonyl (C=O) groups is 1. The van der Waals surface area contributed by atoms with E-state index in [2.05, 4.69) is 0 Å². The number of benzene rings is 2. The van der Waals surface area contributed by atoms with E-state index in [-0.39, 0.29) is 35.0 Å². The zero-order valence-electron chi connectivity index (χ0n) is 15.9. The lowest BCUT2D eigenvalue weighted by Crippen LogP contribution is -2.27. The van der Waals surface area contributed by atoms with Gasteiger partial charge in [-0.05, 0) is 18.6 Å². The van der Waals surface area contributed by atoms with Crippen molar-refractivity contribution >= 4 is 11.7 Å². The van der Waals surface area contributed by atoms with Gasteiger partial charge in [0.25, 0.3) is 0 Å². The Morgan fingerprint density at radius 1 is 1.17 bits per heavy atom. The zero-order valence-corrected chi connectivity index (χ0v) is 15.9. The number of halogens is 3. The third kappa shape index (κ3) is 3.87. The van der Waals surface area contributed by atoms with E-state index in [9.17, 15) is 23.2 Å². The van der Waals surface area contributed by atoms with Crippen LogP contribution in [0.2, 0.25) is 0 Å². The predicted molar refractivity (Wildman–Crippen MR) is 102 cm³/mol. The van der Waals surface area contributed by atoms with Crippen molar-refractivity contribution in [3.8, 4) is 6.07 Å². The number of carbonyl (C=O) groups excluding carboxylic acids is 1. The molecule has 0 saturated carbocycles. The largest absolute Gasteiger partial charge is 0.463 e. The van der Waals surface area contributed by atoms with Crippen LogP contribution in [0.4, 0.5) is 13.2 Å². The summed E-state index contributed by atoms with van der Waals surface area (Å²) >= 11 is 0. The number of allylic oxidation sites excluding steroid dienone is 1. The summed E-state index contributed by atoms with van der Waals surface area (Å²) in [6.45, 7) is 1.55. The van der Waals surface area contributed by atoms with Gasteiger partial charge in [0.1, 0.15) is 17.4 Å². The molecule has 2 aromatic rings. The summed E-state index contributed by atoms with van der Waals surface area (Å²) in [4.78, 5) is 12.9. The van der Waals surface area contributed by atoms with Gasteiger partial charge in [0.15, 0.2) is 0 Å². The van der Waals surface area contributed by atoms with Crippen molar-refractivity contribution in [2.75, 3.05) is 6.61 Å². The normalized spacial score (nSPS) is 16.7. The molecular formula is C22H17F3N2O3. The summed E-state index contributed by atoms with van der Waals surface area (Å²) in [6, 6.07) is 14.8. The first kappa shape index (κ1) is 21.0. The Hall–Kier alpha value is -3.73. The van der Waals surface area contributed by atoms with Crippen LogP contribution in [0.15, 0.2) is 71.6 Å². The Labute approximate surface area is 170 Å². The van der Waals surface area contributed by atoms with Gasteiger partial charge in [-0.2, -0.15) is 18.4 Å². The molecule has 1 atom stereocenters. The molecule has 2 N–H and O–H groups in total. The fourth-order valence-electron chi connectivity index (χ4n) is 3.30. The van der Waals surface area contributed by atoms with Crippen LogP contribution in [0.5, 0.6) is 0 Å². The van der Waals surface area contributed by atoms with Crippen LogP contribution in [0.25, 0.3) is 5.76 Å². The molecule has 0 saturated heterocycles. The van der Waals surface area contributed by atoms with Gasteiger partial charge in [-0.3, -0.25) is 0 Å². The number of hydrogen-bond acceptors (Lipinski definition) is 5. The Kier molecular flexibility index (Phi) is 5.83. The molecule has 0 bridgehead atoms. The average molecular weight is 414 g/mol. The van der Waals surface area contributed by atoms with E-state index < -0.39 is 23.6 Å². The predicted octanol–water partition coefficient (Wildman–Crippen LogP) is 4.49. The molecule has 0 spiro atoms. The maximum Gasteiger partial charge on any atom is 0.416 e. The first-order valence-electron chi connectivity index (χ1n) is 9.00. The third-order valence-corrected chi connectivity index (χ3v) is 4.53. The summed E-state index contributed by atoms with van der Waals surface area (Å²) in [6.07, 6.45) is -4.71. The molecule has 2 aromatic carbocycles. The molecule has 0 fully saturated rings. The molecule has 0 amide bonds. The number of esters is 1. The third-order valence-electron chi connectivity index (χ3n) is 4.53. The van der Waals surface area contributed by atoms with Crippen LogP contribution in [0.3, 0.4) is 0 Å². The van der Waals surface area contributed by atoms with Crippen LogP contribution in [0, 0.1) is 11.3 Å². The molecule has 1 aliphatic heterocycles.